The van der Waals surface area contributed by atoms with E-state index in [1.54, 1.807) is 18.7 Å². The molecule has 1 aromatic carbocycles. The smallest absolute Gasteiger partial charge is 0.338 e. The number of esters is 1. The molecule has 1 aromatic rings. The van der Waals surface area contributed by atoms with Crippen molar-refractivity contribution in [3.63, 3.8) is 0 Å². The van der Waals surface area contributed by atoms with Crippen molar-refractivity contribution in [2.24, 2.45) is 0 Å². The molecule has 0 aromatic heterocycles. The monoisotopic (exact) mass is 442 g/mol. The molecule has 0 bridgehead atoms. The number of carbonyl (C=O) groups is 2. The number of ether oxygens (including phenoxy) is 3. The van der Waals surface area contributed by atoms with E-state index in [2.05, 4.69) is 4.72 Å². The van der Waals surface area contributed by atoms with E-state index in [0.717, 1.165) is 0 Å². The molecule has 1 N–H and O–H groups in total. The Morgan fingerprint density at radius 3 is 2.30 bits per heavy atom. The lowest BCUT2D eigenvalue weighted by molar-refractivity contribution is -0.151. The maximum Gasteiger partial charge on any atom is 0.338 e. The molecule has 3 unspecified atom stereocenters. The van der Waals surface area contributed by atoms with Crippen LogP contribution in [0.3, 0.4) is 0 Å². The van der Waals surface area contributed by atoms with Gasteiger partial charge in [0.25, 0.3) is 5.91 Å². The number of amides is 1. The summed E-state index contributed by atoms with van der Waals surface area (Å²) in [6, 6.07) is 3.61. The van der Waals surface area contributed by atoms with E-state index in [9.17, 15) is 18.0 Å². The quantitative estimate of drug-likeness (QED) is 0.638. The van der Waals surface area contributed by atoms with Crippen molar-refractivity contribution in [1.29, 1.82) is 0 Å². The molecule has 0 spiro atoms. The number of hydrogen-bond acceptors (Lipinski definition) is 7. The normalized spacial score (nSPS) is 20.7. The van der Waals surface area contributed by atoms with Gasteiger partial charge in [0.05, 0.1) is 24.9 Å². The van der Waals surface area contributed by atoms with Crippen molar-refractivity contribution >= 4 is 21.9 Å². The van der Waals surface area contributed by atoms with E-state index in [-0.39, 0.29) is 40.4 Å². The topological polar surface area (TPSA) is 111 Å². The lowest BCUT2D eigenvalue weighted by atomic mass is 10.2. The van der Waals surface area contributed by atoms with Crippen LogP contribution >= 0.6 is 0 Å². The third kappa shape index (κ3) is 5.93. The van der Waals surface area contributed by atoms with E-state index >= 15 is 0 Å². The third-order valence-electron chi connectivity index (χ3n) is 4.44. The Balaban J connectivity index is 2.18. The largest absolute Gasteiger partial charge is 0.495 e. The van der Waals surface area contributed by atoms with E-state index < -0.39 is 22.1 Å². The molecule has 30 heavy (non-hydrogen) atoms. The van der Waals surface area contributed by atoms with Gasteiger partial charge in [0.2, 0.25) is 10.0 Å². The summed E-state index contributed by atoms with van der Waals surface area (Å²) in [6.45, 7) is 9.43. The molecule has 0 radical (unpaired) electrons. The van der Waals surface area contributed by atoms with Gasteiger partial charge in [-0.15, -0.1) is 0 Å². The fourth-order valence-corrected chi connectivity index (χ4v) is 4.73. The Labute approximate surface area is 177 Å². The minimum atomic E-state index is -3.90. The van der Waals surface area contributed by atoms with Crippen LogP contribution in [-0.2, 0) is 24.3 Å². The van der Waals surface area contributed by atoms with Crippen LogP contribution in [0, 0.1) is 0 Å². The van der Waals surface area contributed by atoms with E-state index in [1.165, 1.54) is 32.2 Å². The van der Waals surface area contributed by atoms with Gasteiger partial charge in [-0.3, -0.25) is 4.79 Å². The van der Waals surface area contributed by atoms with Crippen LogP contribution in [0.4, 0.5) is 0 Å². The minimum absolute atomic E-state index is 0.00305. The lowest BCUT2D eigenvalue weighted by Gasteiger charge is -2.36. The molecule has 0 saturated carbocycles. The molecular formula is C20H30N2O7S. The number of nitrogens with zero attached hydrogens (tertiary/aromatic N) is 1. The lowest BCUT2D eigenvalue weighted by Crippen LogP contribution is -2.51. The standard InChI is InChI=1S/C20H30N2O7S/c1-12(2)21-30(25,26)18-9-16(7-8-17(18)27-6)20(24)29-15(5)19(23)22-10-13(3)28-14(4)11-22/h7-9,12-15,21H,10-11H2,1-6H3. The fourth-order valence-electron chi connectivity index (χ4n) is 3.28. The van der Waals surface area contributed by atoms with Crippen molar-refractivity contribution in [3.05, 3.63) is 23.8 Å². The number of sulfonamides is 1. The Morgan fingerprint density at radius 2 is 1.77 bits per heavy atom. The number of benzene rings is 1. The van der Waals surface area contributed by atoms with Gasteiger partial charge < -0.3 is 19.1 Å². The average Bonchev–Trinajstić information content (AvgIpc) is 2.64. The molecule has 2 rings (SSSR count). The molecule has 0 aliphatic carbocycles. The number of hydrogen-bond donors (Lipinski definition) is 1. The highest BCUT2D eigenvalue weighted by atomic mass is 32.2. The number of methoxy groups -OCH3 is 1. The molecule has 1 saturated heterocycles. The van der Waals surface area contributed by atoms with Gasteiger partial charge in [0.15, 0.2) is 6.10 Å². The maximum atomic E-state index is 12.7. The number of carbonyl (C=O) groups excluding carboxylic acids is 2. The fraction of sp³-hybridized carbons (Fsp3) is 0.600. The van der Waals surface area contributed by atoms with Gasteiger partial charge in [-0.2, -0.15) is 0 Å². The maximum absolute atomic E-state index is 12.7. The Morgan fingerprint density at radius 1 is 1.17 bits per heavy atom. The van der Waals surface area contributed by atoms with Gasteiger partial charge in [-0.05, 0) is 52.8 Å². The Bertz CT molecular complexity index is 875. The van der Waals surface area contributed by atoms with Gasteiger partial charge in [0, 0.05) is 19.1 Å². The summed E-state index contributed by atoms with van der Waals surface area (Å²) >= 11 is 0. The summed E-state index contributed by atoms with van der Waals surface area (Å²) in [5.74, 6) is -1.03. The van der Waals surface area contributed by atoms with E-state index in [1.807, 2.05) is 13.8 Å². The Hall–Kier alpha value is -2.17. The van der Waals surface area contributed by atoms with Crippen LogP contribution in [0.2, 0.25) is 0 Å². The second-order valence-electron chi connectivity index (χ2n) is 7.69. The number of nitrogens with one attached hydrogen (secondary N) is 1. The molecule has 3 atom stereocenters. The van der Waals surface area contributed by atoms with E-state index in [4.69, 9.17) is 14.2 Å². The highest BCUT2D eigenvalue weighted by Crippen LogP contribution is 2.26. The molecular weight excluding hydrogens is 412 g/mol. The van der Waals surface area contributed by atoms with Crippen LogP contribution in [0.1, 0.15) is 45.0 Å². The molecule has 10 heteroatoms. The van der Waals surface area contributed by atoms with Crippen molar-refractivity contribution in [3.8, 4) is 5.75 Å². The van der Waals surface area contributed by atoms with Crippen LogP contribution in [0.25, 0.3) is 0 Å². The van der Waals surface area contributed by atoms with Gasteiger partial charge in [-0.25, -0.2) is 17.9 Å². The first-order valence-electron chi connectivity index (χ1n) is 9.80. The molecule has 1 aliphatic rings. The third-order valence-corrected chi connectivity index (χ3v) is 6.12. The highest BCUT2D eigenvalue weighted by Gasteiger charge is 2.31. The first-order chi connectivity index (χ1) is 13.9. The summed E-state index contributed by atoms with van der Waals surface area (Å²) in [6.07, 6.45) is -1.24. The SMILES string of the molecule is COc1ccc(C(=O)OC(C)C(=O)N2CC(C)OC(C)C2)cc1S(=O)(=O)NC(C)C. The number of rotatable bonds is 7. The summed E-state index contributed by atoms with van der Waals surface area (Å²) in [5, 5.41) is 0. The van der Waals surface area contributed by atoms with Crippen molar-refractivity contribution in [2.75, 3.05) is 20.2 Å². The van der Waals surface area contributed by atoms with Gasteiger partial charge in [-0.1, -0.05) is 0 Å². The first kappa shape index (κ1) is 24.1. The zero-order valence-corrected chi connectivity index (χ0v) is 19.0. The van der Waals surface area contributed by atoms with Crippen LogP contribution in [0.5, 0.6) is 5.75 Å². The highest BCUT2D eigenvalue weighted by molar-refractivity contribution is 7.89. The molecule has 1 fully saturated rings. The summed E-state index contributed by atoms with van der Waals surface area (Å²) in [5.41, 5.74) is 0.00305. The second kappa shape index (κ2) is 9.76. The minimum Gasteiger partial charge on any atom is -0.495 e. The van der Waals surface area contributed by atoms with Crippen molar-refractivity contribution < 1.29 is 32.2 Å². The number of morpholine rings is 1. The molecule has 168 valence electrons. The second-order valence-corrected chi connectivity index (χ2v) is 9.37. The molecule has 1 amide bonds. The summed E-state index contributed by atoms with van der Waals surface area (Å²) in [7, 11) is -2.56. The zero-order valence-electron chi connectivity index (χ0n) is 18.2. The Kier molecular flexibility index (Phi) is 7.84. The van der Waals surface area contributed by atoms with Crippen molar-refractivity contribution in [1.82, 2.24) is 9.62 Å². The van der Waals surface area contributed by atoms with Crippen molar-refractivity contribution in [2.45, 2.75) is 63.9 Å². The predicted octanol–water partition coefficient (Wildman–Crippen LogP) is 1.56. The van der Waals surface area contributed by atoms with Gasteiger partial charge >= 0.3 is 5.97 Å². The zero-order chi connectivity index (χ0) is 22.6. The first-order valence-corrected chi connectivity index (χ1v) is 11.3. The molecule has 1 aliphatic heterocycles. The summed E-state index contributed by atoms with van der Waals surface area (Å²) < 4.78 is 43.7. The van der Waals surface area contributed by atoms with Crippen LogP contribution in [0.15, 0.2) is 23.1 Å². The predicted molar refractivity (Wildman–Crippen MR) is 110 cm³/mol. The average molecular weight is 443 g/mol. The van der Waals surface area contributed by atoms with E-state index in [0.29, 0.717) is 13.1 Å². The van der Waals surface area contributed by atoms with Gasteiger partial charge in [0.1, 0.15) is 10.6 Å². The van der Waals surface area contributed by atoms with Crippen LogP contribution in [-0.4, -0.2) is 69.7 Å². The molecule has 9 nitrogen and oxygen atoms in total. The van der Waals surface area contributed by atoms with Crippen LogP contribution < -0.4 is 9.46 Å². The molecule has 1 heterocycles. The summed E-state index contributed by atoms with van der Waals surface area (Å²) in [4.78, 5) is 26.7.